The molecule has 31 nitrogen and oxygen atoms in total. The third-order valence-electron chi connectivity index (χ3n) is 17.6. The zero-order chi connectivity index (χ0) is 73.5. The van der Waals surface area contributed by atoms with Crippen molar-refractivity contribution >= 4 is 112 Å². The van der Waals surface area contributed by atoms with Crippen LogP contribution in [0.15, 0.2) is 48.5 Å². The van der Waals surface area contributed by atoms with Gasteiger partial charge < -0.3 is 73.0 Å². The first kappa shape index (κ1) is 82.4. The van der Waals surface area contributed by atoms with Crippen molar-refractivity contribution in [2.75, 3.05) is 115 Å². The molecule has 0 aliphatic carbocycles. The molecule has 0 spiro atoms. The number of primary amides is 1. The fourth-order valence-corrected chi connectivity index (χ4v) is 15.1. The van der Waals surface area contributed by atoms with E-state index in [4.69, 9.17) is 5.73 Å². The average Bonchev–Trinajstić information content (AvgIpc) is 1.72. The van der Waals surface area contributed by atoms with Gasteiger partial charge in [-0.2, -0.15) is 35.3 Å². The molecule has 0 aromatic heterocycles. The van der Waals surface area contributed by atoms with Crippen molar-refractivity contribution in [2.45, 2.75) is 150 Å². The Bertz CT molecular complexity index is 3150. The molecule has 9 amide bonds. The number of rotatable bonds is 25. The molecule has 3 saturated heterocycles. The van der Waals surface area contributed by atoms with Crippen LogP contribution in [0.3, 0.4) is 0 Å². The minimum Gasteiger partial charge on any atom is -0.480 e. The summed E-state index contributed by atoms with van der Waals surface area (Å²) in [5.74, 6) is -9.44. The lowest BCUT2D eigenvalue weighted by atomic mass is 10.0. The van der Waals surface area contributed by atoms with Gasteiger partial charge in [-0.05, 0) is 67.7 Å². The number of aliphatic hydroxyl groups is 1. The van der Waals surface area contributed by atoms with Crippen LogP contribution in [0.5, 0.6) is 0 Å². The van der Waals surface area contributed by atoms with Gasteiger partial charge in [0.1, 0.15) is 42.3 Å². The second-order valence-electron chi connectivity index (χ2n) is 25.8. The first-order valence-corrected chi connectivity index (χ1v) is 37.7. The average molecular weight is 1470 g/mol. The number of nitrogens with two attached hydrogens (primary N) is 1. The number of carboxylic acids is 4. The zero-order valence-corrected chi connectivity index (χ0v) is 59.8. The number of carbonyl (C=O) groups excluding carboxylic acids is 9. The number of amides is 9. The maximum atomic E-state index is 14.9. The fraction of sp³-hybridized carbons (Fsp3) is 0.627. The summed E-state index contributed by atoms with van der Waals surface area (Å²) in [4.78, 5) is 184. The summed E-state index contributed by atoms with van der Waals surface area (Å²) >= 11 is 4.09. The van der Waals surface area contributed by atoms with Crippen LogP contribution in [-0.2, 0) is 86.0 Å². The quantitative estimate of drug-likeness (QED) is 0.0528. The molecule has 2 aromatic carbocycles. The molecule has 0 radical (unpaired) electrons. The smallest absolute Gasteiger partial charge is 0.327 e. The topological polar surface area (TPSA) is 441 Å². The molecule has 101 heavy (non-hydrogen) atoms. The van der Waals surface area contributed by atoms with E-state index in [-0.39, 0.29) is 153 Å². The molecule has 34 heteroatoms. The molecule has 4 aliphatic rings. The Labute approximate surface area is 600 Å². The second-order valence-corrected chi connectivity index (χ2v) is 28.9. The highest BCUT2D eigenvalue weighted by Gasteiger charge is 2.45. The van der Waals surface area contributed by atoms with Crippen molar-refractivity contribution in [2.24, 2.45) is 5.73 Å². The molecular formula is C67H99N13O18S3. The van der Waals surface area contributed by atoms with E-state index in [0.29, 0.717) is 42.1 Å². The molecule has 2 bridgehead atoms. The Hall–Kier alpha value is -7.60. The Morgan fingerprint density at radius 2 is 1.14 bits per heavy atom. The third-order valence-corrected chi connectivity index (χ3v) is 20.9. The Morgan fingerprint density at radius 1 is 0.604 bits per heavy atom. The number of benzene rings is 2. The van der Waals surface area contributed by atoms with Crippen molar-refractivity contribution in [1.29, 1.82) is 0 Å². The number of nitrogens with one attached hydrogen (secondary N) is 6. The van der Waals surface area contributed by atoms with Gasteiger partial charge in [0.05, 0.1) is 32.3 Å². The van der Waals surface area contributed by atoms with Crippen molar-refractivity contribution in [3.8, 4) is 0 Å². The molecule has 2 aromatic rings. The van der Waals surface area contributed by atoms with E-state index in [9.17, 15) is 87.9 Å². The molecular weight excluding hydrogens is 1370 g/mol. The summed E-state index contributed by atoms with van der Waals surface area (Å²) in [7, 11) is 0. The molecule has 3 fully saturated rings. The van der Waals surface area contributed by atoms with Gasteiger partial charge in [-0.1, -0.05) is 68.3 Å². The lowest BCUT2D eigenvalue weighted by Crippen LogP contribution is -2.61. The Balaban J connectivity index is 1.26. The number of nitrogens with zero attached hydrogens (tertiary/aromatic N) is 6. The number of hydrogen-bond donors (Lipinski definition) is 12. The van der Waals surface area contributed by atoms with E-state index in [1.54, 1.807) is 45.0 Å². The largest absolute Gasteiger partial charge is 0.480 e. The summed E-state index contributed by atoms with van der Waals surface area (Å²) in [6.45, 7) is 4.66. The normalized spacial score (nSPS) is 23.4. The van der Waals surface area contributed by atoms with E-state index in [2.05, 4.69) is 31.9 Å². The van der Waals surface area contributed by atoms with Crippen LogP contribution in [0.25, 0.3) is 0 Å². The maximum Gasteiger partial charge on any atom is 0.327 e. The van der Waals surface area contributed by atoms with Gasteiger partial charge in [-0.15, -0.1) is 0 Å². The molecule has 8 atom stereocenters. The van der Waals surface area contributed by atoms with Crippen LogP contribution in [0, 0.1) is 0 Å². The van der Waals surface area contributed by atoms with Crippen molar-refractivity contribution < 1.29 is 87.9 Å². The monoisotopic (exact) mass is 1470 g/mol. The van der Waals surface area contributed by atoms with Crippen LogP contribution in [0.4, 0.5) is 0 Å². The van der Waals surface area contributed by atoms with E-state index >= 15 is 0 Å². The molecule has 4 heterocycles. The number of carboxylic acid groups (broad SMARTS) is 4. The molecule has 8 unspecified atom stereocenters. The number of thioether (sulfide) groups is 3. The lowest BCUT2D eigenvalue weighted by Gasteiger charge is -2.33. The van der Waals surface area contributed by atoms with Gasteiger partial charge in [-0.25, -0.2) is 4.79 Å². The standard InChI is InChI=1S/C67H99N13O18S3/c1-3-4-6-15-55(83)70-50-41-100-39-46-30-45(38-99-29-18-69-56(84)34-75-21-23-76(35-57(85)86)25-27-78(37-59(89)90)28-26-77(24-22-75)36-58(87)88)31-47(32-46)40-101-42-51(67(97)98)73-62(92)49(33-44-11-7-5-8-12-44)72-61(91)48(16-17-54(68)82)71-64(94)60(43(2)81)74-63(93)52-13-9-19-79(52)66(96)53-14-10-20-80(53)65(50)95/h5,7-8,11-12,30-32,43,48-53,60,81H,3-4,6,9-10,13-29,33-42H2,1-2H3,(H2,68,82)(H,69,84)(H,70,83)(H,71,94)(H,72,91)(H,73,92)(H,74,93)(H,85,86)(H,87,88)(H,89,90)(H,97,98). The number of aliphatic carboxylic acids is 4. The van der Waals surface area contributed by atoms with E-state index < -0.39 is 126 Å². The van der Waals surface area contributed by atoms with E-state index in [1.165, 1.54) is 52.0 Å². The van der Waals surface area contributed by atoms with Gasteiger partial charge in [0, 0.05) is 126 Å². The van der Waals surface area contributed by atoms with E-state index in [1.807, 2.05) is 30.0 Å². The van der Waals surface area contributed by atoms with Crippen LogP contribution in [0.2, 0.25) is 0 Å². The number of fused-ring (bicyclic) bond motifs is 4. The first-order valence-electron chi connectivity index (χ1n) is 34.3. The molecule has 0 saturated carbocycles. The van der Waals surface area contributed by atoms with Crippen molar-refractivity contribution in [1.82, 2.24) is 61.3 Å². The van der Waals surface area contributed by atoms with Gasteiger partial charge in [-0.3, -0.25) is 77.1 Å². The van der Waals surface area contributed by atoms with Gasteiger partial charge in [0.15, 0.2) is 0 Å². The van der Waals surface area contributed by atoms with Crippen molar-refractivity contribution in [3.63, 3.8) is 0 Å². The summed E-state index contributed by atoms with van der Waals surface area (Å²) in [5, 5.41) is 66.6. The number of carbonyl (C=O) groups is 13. The fourth-order valence-electron chi connectivity index (χ4n) is 12.4. The van der Waals surface area contributed by atoms with Crippen LogP contribution >= 0.6 is 35.3 Å². The van der Waals surface area contributed by atoms with Crippen LogP contribution < -0.4 is 37.6 Å². The predicted molar refractivity (Wildman–Crippen MR) is 378 cm³/mol. The van der Waals surface area contributed by atoms with Crippen LogP contribution in [-0.4, -0.2) is 296 Å². The molecule has 13 N–H and O–H groups in total. The number of aliphatic hydroxyl groups excluding tert-OH is 1. The molecule has 558 valence electrons. The van der Waals surface area contributed by atoms with Gasteiger partial charge in [0.25, 0.3) is 0 Å². The number of hydrogen-bond acceptors (Lipinski definition) is 21. The summed E-state index contributed by atoms with van der Waals surface area (Å²) in [6.07, 6.45) is 1.06. The highest BCUT2D eigenvalue weighted by Crippen LogP contribution is 2.28. The van der Waals surface area contributed by atoms with Crippen molar-refractivity contribution in [3.05, 3.63) is 70.8 Å². The first-order chi connectivity index (χ1) is 48.3. The van der Waals surface area contributed by atoms with Gasteiger partial charge in [0.2, 0.25) is 53.2 Å². The Morgan fingerprint density at radius 3 is 1.68 bits per heavy atom. The third kappa shape index (κ3) is 28.6. The number of unbranched alkanes of at least 4 members (excludes halogenated alkanes) is 2. The SMILES string of the molecule is CCCCCC(=O)NC1CSCc2cc(CSCCNC(=O)CN3CCN(CC(=O)O)CCN(CC(=O)O)CCN(CC(=O)O)CC3)cc(c2)CSCC(C(=O)O)NC(=O)C(Cc2ccccc2)NC(=O)C(CCC(N)=O)NC(=O)C(C(C)O)NC(=O)C2CCCN2C(=O)C2CCCN2C1=O. The van der Waals surface area contributed by atoms with Gasteiger partial charge >= 0.3 is 23.9 Å². The van der Waals surface area contributed by atoms with E-state index in [0.717, 1.165) is 29.5 Å². The maximum absolute atomic E-state index is 14.9. The highest BCUT2D eigenvalue weighted by atomic mass is 32.2. The lowest BCUT2D eigenvalue weighted by molar-refractivity contribution is -0.148. The van der Waals surface area contributed by atoms with Crippen LogP contribution in [0.1, 0.15) is 100 Å². The summed E-state index contributed by atoms with van der Waals surface area (Å²) in [6, 6.07) is 4.89. The summed E-state index contributed by atoms with van der Waals surface area (Å²) in [5.41, 5.74) is 8.51. The Kier molecular flexibility index (Phi) is 34.8. The predicted octanol–water partition coefficient (Wildman–Crippen LogP) is -1.05. The minimum atomic E-state index is -1.71. The second kappa shape index (κ2) is 42.7. The highest BCUT2D eigenvalue weighted by molar-refractivity contribution is 7.99. The summed E-state index contributed by atoms with van der Waals surface area (Å²) < 4.78 is 0. The molecule has 6 rings (SSSR count). The molecule has 4 aliphatic heterocycles. The minimum absolute atomic E-state index is 0.0754. The zero-order valence-electron chi connectivity index (χ0n) is 57.4.